The summed E-state index contributed by atoms with van der Waals surface area (Å²) in [6.45, 7) is 9.52. The molecule has 0 saturated carbocycles. The summed E-state index contributed by atoms with van der Waals surface area (Å²) in [6, 6.07) is 4.05. The number of carbonyl (C=O) groups is 1. The van der Waals surface area contributed by atoms with Gasteiger partial charge in [-0.1, -0.05) is 12.1 Å². The highest BCUT2D eigenvalue weighted by atomic mass is 16.6. The van der Waals surface area contributed by atoms with Gasteiger partial charge in [0.15, 0.2) is 0 Å². The smallest absolute Gasteiger partial charge is 0.338 e. The van der Waals surface area contributed by atoms with Gasteiger partial charge in [-0.3, -0.25) is 10.1 Å². The quantitative estimate of drug-likeness (QED) is 0.508. The van der Waals surface area contributed by atoms with Crippen molar-refractivity contribution in [3.8, 4) is 0 Å². The summed E-state index contributed by atoms with van der Waals surface area (Å²) in [5, 5.41) is 20.5. The second-order valence-electron chi connectivity index (χ2n) is 5.31. The van der Waals surface area contributed by atoms with Crippen molar-refractivity contribution < 1.29 is 14.8 Å². The van der Waals surface area contributed by atoms with Crippen LogP contribution in [-0.2, 0) is 0 Å². The molecule has 1 aromatic rings. The van der Waals surface area contributed by atoms with Crippen molar-refractivity contribution in [1.29, 1.82) is 0 Å². The van der Waals surface area contributed by atoms with Crippen LogP contribution in [0.3, 0.4) is 0 Å². The van der Waals surface area contributed by atoms with Gasteiger partial charge in [-0.25, -0.2) is 4.79 Å². The molecule has 0 heterocycles. The second-order valence-corrected chi connectivity index (χ2v) is 5.31. The molecule has 0 aliphatic rings. The van der Waals surface area contributed by atoms with Crippen molar-refractivity contribution >= 4 is 17.3 Å². The molecule has 0 aliphatic carbocycles. The third-order valence-electron chi connectivity index (χ3n) is 2.83. The lowest BCUT2D eigenvalue weighted by molar-refractivity contribution is -0.384. The highest BCUT2D eigenvalue weighted by molar-refractivity contribution is 5.97. The third-order valence-corrected chi connectivity index (χ3v) is 2.83. The minimum Gasteiger partial charge on any atom is -0.478 e. The molecule has 108 valence electrons. The van der Waals surface area contributed by atoms with Crippen LogP contribution in [0.1, 0.15) is 31.1 Å². The number of hydrogen-bond acceptors (Lipinski definition) is 4. The fraction of sp³-hybridized carbons (Fsp3) is 0.357. The van der Waals surface area contributed by atoms with Gasteiger partial charge in [0.05, 0.1) is 10.5 Å². The minimum absolute atomic E-state index is 0.0871. The van der Waals surface area contributed by atoms with E-state index in [0.29, 0.717) is 6.54 Å². The van der Waals surface area contributed by atoms with Gasteiger partial charge in [-0.2, -0.15) is 0 Å². The molecule has 0 saturated heterocycles. The van der Waals surface area contributed by atoms with Gasteiger partial charge in [0, 0.05) is 18.2 Å². The Kier molecular flexibility index (Phi) is 4.49. The molecule has 0 bridgehead atoms. The van der Waals surface area contributed by atoms with Crippen LogP contribution in [0.2, 0.25) is 0 Å². The largest absolute Gasteiger partial charge is 0.478 e. The lowest BCUT2D eigenvalue weighted by Crippen LogP contribution is -2.42. The zero-order valence-corrected chi connectivity index (χ0v) is 11.8. The Morgan fingerprint density at radius 2 is 2.10 bits per heavy atom. The van der Waals surface area contributed by atoms with Crippen LogP contribution in [0, 0.1) is 10.1 Å². The monoisotopic (exact) mass is 278 g/mol. The molecular formula is C14H18N2O4. The van der Waals surface area contributed by atoms with Crippen LogP contribution in [0.4, 0.5) is 11.4 Å². The van der Waals surface area contributed by atoms with E-state index in [9.17, 15) is 20.0 Å². The Bertz CT molecular complexity index is 514. The molecule has 20 heavy (non-hydrogen) atoms. The molecule has 0 aromatic heterocycles. The first-order valence-corrected chi connectivity index (χ1v) is 6.09. The first kappa shape index (κ1) is 15.7. The first-order valence-electron chi connectivity index (χ1n) is 6.09. The van der Waals surface area contributed by atoms with Gasteiger partial charge in [0.1, 0.15) is 5.69 Å². The molecule has 1 rings (SSSR count). The number of nitrogens with zero attached hydrogens (tertiary/aromatic N) is 2. The highest BCUT2D eigenvalue weighted by Crippen LogP contribution is 2.36. The maximum absolute atomic E-state index is 11.4. The number of para-hydroxylation sites is 1. The number of carboxylic acids is 1. The van der Waals surface area contributed by atoms with Crippen LogP contribution in [0.25, 0.3) is 0 Å². The molecule has 0 atom stereocenters. The standard InChI is InChI=1S/C14H18N2O4/c1-5-9-15(14(2,3)4)12-10(13(17)18)7-6-8-11(12)16(19)20/h5-8H,1,9H2,2-4H3,(H,17,18). The predicted octanol–water partition coefficient (Wildman–Crippen LogP) is 3.08. The zero-order chi connectivity index (χ0) is 15.5. The predicted molar refractivity (Wildman–Crippen MR) is 77.4 cm³/mol. The molecule has 6 heteroatoms. The van der Waals surface area contributed by atoms with Gasteiger partial charge < -0.3 is 10.0 Å². The van der Waals surface area contributed by atoms with Crippen LogP contribution in [-0.4, -0.2) is 28.1 Å². The Hall–Kier alpha value is -2.37. The zero-order valence-electron chi connectivity index (χ0n) is 11.8. The summed E-state index contributed by atoms with van der Waals surface area (Å²) in [7, 11) is 0. The van der Waals surface area contributed by atoms with Gasteiger partial charge in [0.2, 0.25) is 0 Å². The molecule has 6 nitrogen and oxygen atoms in total. The summed E-state index contributed by atoms with van der Waals surface area (Å²) >= 11 is 0. The van der Waals surface area contributed by atoms with E-state index in [4.69, 9.17) is 0 Å². The van der Waals surface area contributed by atoms with Crippen molar-refractivity contribution in [1.82, 2.24) is 0 Å². The van der Waals surface area contributed by atoms with Crippen LogP contribution in [0.5, 0.6) is 0 Å². The molecule has 1 N–H and O–H groups in total. The topological polar surface area (TPSA) is 83.7 Å². The Morgan fingerprint density at radius 1 is 1.50 bits per heavy atom. The van der Waals surface area contributed by atoms with Gasteiger partial charge >= 0.3 is 5.97 Å². The summed E-state index contributed by atoms with van der Waals surface area (Å²) in [5.41, 5.74) is -0.681. The summed E-state index contributed by atoms with van der Waals surface area (Å²) < 4.78 is 0. The summed E-state index contributed by atoms with van der Waals surface area (Å²) in [4.78, 5) is 23.7. The maximum atomic E-state index is 11.4. The fourth-order valence-corrected chi connectivity index (χ4v) is 1.96. The molecule has 0 fully saturated rings. The number of aromatic carboxylic acids is 1. The number of anilines is 1. The van der Waals surface area contributed by atoms with Gasteiger partial charge in [-0.15, -0.1) is 6.58 Å². The Balaban J connectivity index is 3.63. The first-order chi connectivity index (χ1) is 9.20. The average Bonchev–Trinajstić information content (AvgIpc) is 2.33. The number of carboxylic acid groups (broad SMARTS) is 1. The molecule has 0 unspecified atom stereocenters. The van der Waals surface area contributed by atoms with E-state index in [1.54, 1.807) is 11.0 Å². The van der Waals surface area contributed by atoms with E-state index in [-0.39, 0.29) is 16.9 Å². The van der Waals surface area contributed by atoms with E-state index in [0.717, 1.165) is 0 Å². The van der Waals surface area contributed by atoms with Crippen molar-refractivity contribution in [2.24, 2.45) is 0 Å². The second kappa shape index (κ2) is 5.73. The molecule has 1 aromatic carbocycles. The van der Waals surface area contributed by atoms with Crippen LogP contribution >= 0.6 is 0 Å². The van der Waals surface area contributed by atoms with Crippen molar-refractivity contribution in [2.45, 2.75) is 26.3 Å². The van der Waals surface area contributed by atoms with Gasteiger partial charge in [-0.05, 0) is 26.8 Å². The molecular weight excluding hydrogens is 260 g/mol. The van der Waals surface area contributed by atoms with E-state index >= 15 is 0 Å². The number of rotatable bonds is 5. The third kappa shape index (κ3) is 3.14. The molecule has 0 radical (unpaired) electrons. The molecule has 0 aliphatic heterocycles. The minimum atomic E-state index is -1.19. The van der Waals surface area contributed by atoms with Crippen LogP contribution in [0.15, 0.2) is 30.9 Å². The number of nitro groups is 1. The highest BCUT2D eigenvalue weighted by Gasteiger charge is 2.31. The van der Waals surface area contributed by atoms with E-state index in [2.05, 4.69) is 6.58 Å². The average molecular weight is 278 g/mol. The van der Waals surface area contributed by atoms with Crippen molar-refractivity contribution in [3.05, 3.63) is 46.5 Å². The van der Waals surface area contributed by atoms with Crippen LogP contribution < -0.4 is 4.90 Å². The van der Waals surface area contributed by atoms with Gasteiger partial charge in [0.25, 0.3) is 5.69 Å². The lowest BCUT2D eigenvalue weighted by atomic mass is 10.0. The Morgan fingerprint density at radius 3 is 2.50 bits per heavy atom. The maximum Gasteiger partial charge on any atom is 0.338 e. The lowest BCUT2D eigenvalue weighted by Gasteiger charge is -2.37. The normalized spacial score (nSPS) is 10.9. The fourth-order valence-electron chi connectivity index (χ4n) is 1.96. The number of benzene rings is 1. The van der Waals surface area contributed by atoms with E-state index in [1.165, 1.54) is 18.2 Å². The number of nitro benzene ring substituents is 1. The molecule has 0 amide bonds. The molecule has 0 spiro atoms. The van der Waals surface area contributed by atoms with Crippen molar-refractivity contribution in [3.63, 3.8) is 0 Å². The SMILES string of the molecule is C=CCN(c1c(C(=O)O)cccc1[N+](=O)[O-])C(C)(C)C. The van der Waals surface area contributed by atoms with Crippen molar-refractivity contribution in [2.75, 3.05) is 11.4 Å². The number of hydrogen-bond donors (Lipinski definition) is 1. The van der Waals surface area contributed by atoms with E-state index in [1.807, 2.05) is 20.8 Å². The Labute approximate surface area is 117 Å². The summed E-state index contributed by atoms with van der Waals surface area (Å²) in [5.74, 6) is -1.19. The summed E-state index contributed by atoms with van der Waals surface area (Å²) in [6.07, 6.45) is 1.59. The van der Waals surface area contributed by atoms with E-state index < -0.39 is 16.4 Å².